The first-order valence-corrected chi connectivity index (χ1v) is 3.26. The van der Waals surface area contributed by atoms with Crippen LogP contribution < -0.4 is 10.9 Å². The molecular formula is C4H5N3S. The van der Waals surface area contributed by atoms with Gasteiger partial charge in [-0.3, -0.25) is 0 Å². The van der Waals surface area contributed by atoms with E-state index in [0.717, 1.165) is 12.4 Å². The maximum atomic E-state index is 4.04. The van der Waals surface area contributed by atoms with Gasteiger partial charge in [0, 0.05) is 0 Å². The normalized spacial score (nSPS) is 15.5. The lowest BCUT2D eigenvalue weighted by Gasteiger charge is -1.87. The second-order valence-electron chi connectivity index (χ2n) is 1.60. The van der Waals surface area contributed by atoms with Crippen LogP contribution in [0.2, 0.25) is 0 Å². The van der Waals surface area contributed by atoms with Crippen molar-refractivity contribution in [3.63, 3.8) is 0 Å². The summed E-state index contributed by atoms with van der Waals surface area (Å²) in [6, 6.07) is 0. The van der Waals surface area contributed by atoms with Gasteiger partial charge in [-0.05, 0) is 0 Å². The Balaban J connectivity index is 2.54. The molecule has 0 aromatic carbocycles. The van der Waals surface area contributed by atoms with Crippen molar-refractivity contribution >= 4 is 17.2 Å². The topological polar surface area (TPSA) is 37.0 Å². The van der Waals surface area contributed by atoms with Crippen LogP contribution in [0.25, 0.3) is 0 Å². The van der Waals surface area contributed by atoms with Crippen molar-refractivity contribution in [1.82, 2.24) is 10.4 Å². The number of anilines is 1. The Morgan fingerprint density at radius 2 is 2.75 bits per heavy atom. The molecule has 2 rings (SSSR count). The van der Waals surface area contributed by atoms with Crippen LogP contribution in [-0.4, -0.2) is 4.98 Å². The average molecular weight is 127 g/mol. The van der Waals surface area contributed by atoms with Crippen molar-refractivity contribution in [3.05, 3.63) is 10.4 Å². The summed E-state index contributed by atoms with van der Waals surface area (Å²) >= 11 is 1.68. The molecule has 8 heavy (non-hydrogen) atoms. The second kappa shape index (κ2) is 1.43. The molecule has 0 aliphatic carbocycles. The Morgan fingerprint density at radius 1 is 1.75 bits per heavy atom. The highest BCUT2D eigenvalue weighted by Crippen LogP contribution is 2.20. The number of nitrogens with one attached hydrogen (secondary N) is 2. The Morgan fingerprint density at radius 3 is 3.62 bits per heavy atom. The minimum absolute atomic E-state index is 0.917. The summed E-state index contributed by atoms with van der Waals surface area (Å²) in [5.74, 6) is 0.995. The Labute approximate surface area is 50.7 Å². The van der Waals surface area contributed by atoms with Gasteiger partial charge in [-0.2, -0.15) is 0 Å². The maximum absolute atomic E-state index is 4.04. The Hall–Kier alpha value is -0.610. The van der Waals surface area contributed by atoms with Gasteiger partial charge < -0.3 is 5.43 Å². The zero-order valence-corrected chi connectivity index (χ0v) is 4.96. The monoisotopic (exact) mass is 127 g/mol. The van der Waals surface area contributed by atoms with E-state index in [4.69, 9.17) is 0 Å². The smallest absolute Gasteiger partial charge is 0.155 e. The highest BCUT2D eigenvalue weighted by molar-refractivity contribution is 7.10. The average Bonchev–Trinajstić information content (AvgIpc) is 2.15. The van der Waals surface area contributed by atoms with Crippen molar-refractivity contribution in [2.24, 2.45) is 0 Å². The quantitative estimate of drug-likeness (QED) is 0.535. The molecule has 0 saturated carbocycles. The molecule has 0 spiro atoms. The van der Waals surface area contributed by atoms with E-state index in [-0.39, 0.29) is 0 Å². The van der Waals surface area contributed by atoms with Crippen molar-refractivity contribution in [2.45, 2.75) is 6.54 Å². The number of rotatable bonds is 0. The number of fused-ring (bicyclic) bond motifs is 1. The third-order valence-electron chi connectivity index (χ3n) is 1.10. The molecule has 1 aliphatic rings. The van der Waals surface area contributed by atoms with Crippen molar-refractivity contribution < 1.29 is 0 Å². The summed E-state index contributed by atoms with van der Waals surface area (Å²) in [6.45, 7) is 0.917. The fourth-order valence-corrected chi connectivity index (χ4v) is 1.36. The molecule has 4 heteroatoms. The van der Waals surface area contributed by atoms with E-state index >= 15 is 0 Å². The van der Waals surface area contributed by atoms with Gasteiger partial charge in [0.2, 0.25) is 0 Å². The van der Waals surface area contributed by atoms with Gasteiger partial charge in [0.1, 0.15) is 0 Å². The summed E-state index contributed by atoms with van der Waals surface area (Å²) in [6.07, 6.45) is 0. The van der Waals surface area contributed by atoms with E-state index in [2.05, 4.69) is 15.8 Å². The van der Waals surface area contributed by atoms with Crippen LogP contribution in [0.1, 0.15) is 4.88 Å². The summed E-state index contributed by atoms with van der Waals surface area (Å²) in [7, 11) is 0. The number of hydrogen-bond acceptors (Lipinski definition) is 4. The van der Waals surface area contributed by atoms with Gasteiger partial charge in [0.05, 0.1) is 16.9 Å². The van der Waals surface area contributed by atoms with Crippen LogP contribution in [0, 0.1) is 0 Å². The molecule has 0 unspecified atom stereocenters. The fraction of sp³-hybridized carbons (Fsp3) is 0.250. The van der Waals surface area contributed by atoms with E-state index < -0.39 is 0 Å². The van der Waals surface area contributed by atoms with Gasteiger partial charge in [-0.15, -0.1) is 11.3 Å². The molecule has 1 aromatic rings. The molecule has 2 heterocycles. The number of hydrogen-bond donors (Lipinski definition) is 2. The largest absolute Gasteiger partial charge is 0.304 e. The van der Waals surface area contributed by atoms with E-state index in [1.54, 1.807) is 11.3 Å². The molecule has 0 atom stereocenters. The Kier molecular flexibility index (Phi) is 0.767. The van der Waals surface area contributed by atoms with Gasteiger partial charge in [-0.1, -0.05) is 0 Å². The lowest BCUT2D eigenvalue weighted by Crippen LogP contribution is -2.11. The first kappa shape index (κ1) is 4.29. The van der Waals surface area contributed by atoms with Crippen LogP contribution in [0.5, 0.6) is 0 Å². The summed E-state index contributed by atoms with van der Waals surface area (Å²) in [5.41, 5.74) is 7.74. The van der Waals surface area contributed by atoms with Crippen LogP contribution in [0.3, 0.4) is 0 Å². The molecule has 1 aromatic heterocycles. The Bertz CT molecular complexity index is 176. The SMILES string of the molecule is c1nc2c(s1)CNN2. The van der Waals surface area contributed by atoms with Crippen LogP contribution >= 0.6 is 11.3 Å². The molecule has 42 valence electrons. The maximum Gasteiger partial charge on any atom is 0.155 e. The predicted molar refractivity (Wildman–Crippen MR) is 32.6 cm³/mol. The van der Waals surface area contributed by atoms with Crippen LogP contribution in [0.15, 0.2) is 5.51 Å². The lowest BCUT2D eigenvalue weighted by molar-refractivity contribution is 0.865. The van der Waals surface area contributed by atoms with E-state index in [0.29, 0.717) is 0 Å². The lowest BCUT2D eigenvalue weighted by atomic mass is 10.5. The minimum atomic E-state index is 0.917. The highest BCUT2D eigenvalue weighted by atomic mass is 32.1. The van der Waals surface area contributed by atoms with Gasteiger partial charge in [0.25, 0.3) is 0 Å². The molecule has 0 radical (unpaired) electrons. The molecular weight excluding hydrogens is 122 g/mol. The number of hydrazine groups is 1. The fourth-order valence-electron chi connectivity index (χ4n) is 0.706. The van der Waals surface area contributed by atoms with E-state index in [1.807, 2.05) is 5.51 Å². The third kappa shape index (κ3) is 0.439. The number of thiazole rings is 1. The van der Waals surface area contributed by atoms with Gasteiger partial charge in [0.15, 0.2) is 5.82 Å². The summed E-state index contributed by atoms with van der Waals surface area (Å²) in [5, 5.41) is 0. The zero-order chi connectivity index (χ0) is 5.40. The summed E-state index contributed by atoms with van der Waals surface area (Å²) in [4.78, 5) is 5.34. The van der Waals surface area contributed by atoms with Crippen molar-refractivity contribution in [1.29, 1.82) is 0 Å². The molecule has 3 nitrogen and oxygen atoms in total. The van der Waals surface area contributed by atoms with E-state index in [9.17, 15) is 0 Å². The van der Waals surface area contributed by atoms with Crippen LogP contribution in [0.4, 0.5) is 5.82 Å². The molecule has 0 saturated heterocycles. The zero-order valence-electron chi connectivity index (χ0n) is 4.14. The molecule has 0 bridgehead atoms. The van der Waals surface area contributed by atoms with Crippen molar-refractivity contribution in [3.8, 4) is 0 Å². The second-order valence-corrected chi connectivity index (χ2v) is 2.54. The number of aromatic nitrogens is 1. The van der Waals surface area contributed by atoms with Crippen molar-refractivity contribution in [2.75, 3.05) is 5.43 Å². The highest BCUT2D eigenvalue weighted by Gasteiger charge is 2.09. The first-order valence-electron chi connectivity index (χ1n) is 2.38. The standard InChI is InChI=1S/C4H5N3S/c1-3-4(7-6-1)5-2-8-3/h2,6-7H,1H2. The van der Waals surface area contributed by atoms with Crippen LogP contribution in [-0.2, 0) is 6.54 Å². The van der Waals surface area contributed by atoms with E-state index in [1.165, 1.54) is 4.88 Å². The molecule has 0 amide bonds. The first-order chi connectivity index (χ1) is 3.97. The molecule has 1 aliphatic heterocycles. The molecule has 2 N–H and O–H groups in total. The van der Waals surface area contributed by atoms with Gasteiger partial charge in [-0.25, -0.2) is 10.4 Å². The minimum Gasteiger partial charge on any atom is -0.304 e. The predicted octanol–water partition coefficient (Wildman–Crippen LogP) is 0.573. The van der Waals surface area contributed by atoms with Gasteiger partial charge >= 0.3 is 0 Å². The third-order valence-corrected chi connectivity index (χ3v) is 1.93. The number of nitrogens with zero attached hydrogens (tertiary/aromatic N) is 1. The summed E-state index contributed by atoms with van der Waals surface area (Å²) < 4.78 is 0. The molecule has 0 fully saturated rings.